The molecule has 3 aliphatic rings. The van der Waals surface area contributed by atoms with Crippen LogP contribution < -0.4 is 43.8 Å². The Hall–Kier alpha value is -6.01. The second-order valence-corrected chi connectivity index (χ2v) is 18.0. The van der Waals surface area contributed by atoms with Gasteiger partial charge < -0.3 is 68.7 Å². The maximum Gasteiger partial charge on any atom is 0.326 e. The molecule has 0 bridgehead atoms. The Morgan fingerprint density at radius 3 is 1.91 bits per heavy atom. The molecule has 4 rings (SSSR count). The number of nitrogens with one attached hydrogen (secondary N) is 5. The average Bonchev–Trinajstić information content (AvgIpc) is 4.12. The van der Waals surface area contributed by atoms with Crippen molar-refractivity contribution < 1.29 is 53.4 Å². The minimum Gasteiger partial charge on any atom is -0.480 e. The lowest BCUT2D eigenvalue weighted by molar-refractivity contribution is -0.148. The van der Waals surface area contributed by atoms with Gasteiger partial charge >= 0.3 is 5.97 Å². The first-order chi connectivity index (χ1) is 32.4. The minimum absolute atomic E-state index is 0.0329. The summed E-state index contributed by atoms with van der Waals surface area (Å²) >= 11 is 4.08. The van der Waals surface area contributed by atoms with Crippen LogP contribution >= 0.6 is 12.6 Å². The number of thiol groups is 1. The lowest BCUT2D eigenvalue weighted by Crippen LogP contribution is -2.59. The van der Waals surface area contributed by atoms with Gasteiger partial charge in [0.25, 0.3) is 0 Å². The fraction of sp³-hybridized carbons (Fsp3) is 0.636. The fourth-order valence-corrected chi connectivity index (χ4v) is 8.78. The molecule has 13 N–H and O–H groups in total. The highest BCUT2D eigenvalue weighted by Crippen LogP contribution is 2.26. The van der Waals surface area contributed by atoms with Crippen LogP contribution in [-0.4, -0.2) is 178 Å². The molecule has 1 aromatic carbocycles. The van der Waals surface area contributed by atoms with Crippen molar-refractivity contribution in [1.29, 1.82) is 0 Å². The Balaban J connectivity index is 1.40. The molecule has 3 fully saturated rings. The third-order valence-electron chi connectivity index (χ3n) is 12.1. The van der Waals surface area contributed by atoms with Crippen molar-refractivity contribution in [2.45, 2.75) is 126 Å². The molecule has 68 heavy (non-hydrogen) atoms. The molecule has 376 valence electrons. The van der Waals surface area contributed by atoms with Gasteiger partial charge in [-0.05, 0) is 69.3 Å². The molecule has 0 spiro atoms. The number of aliphatic imine (C=N–C) groups is 1. The summed E-state index contributed by atoms with van der Waals surface area (Å²) in [4.78, 5) is 129. The predicted molar refractivity (Wildman–Crippen MR) is 251 cm³/mol. The number of hydrogen-bond donors (Lipinski definition) is 11. The number of amides is 8. The number of carboxylic acid groups (broad SMARTS) is 1. The van der Waals surface area contributed by atoms with E-state index in [4.69, 9.17) is 17.2 Å². The van der Waals surface area contributed by atoms with Gasteiger partial charge in [0.1, 0.15) is 42.3 Å². The molecule has 3 heterocycles. The zero-order valence-electron chi connectivity index (χ0n) is 38.6. The maximum absolute atomic E-state index is 14.1. The number of carboxylic acids is 1. The van der Waals surface area contributed by atoms with Gasteiger partial charge in [-0.3, -0.25) is 43.3 Å². The Kier molecular flexibility index (Phi) is 21.3. The van der Waals surface area contributed by atoms with Crippen LogP contribution in [0.25, 0.3) is 0 Å². The van der Waals surface area contributed by atoms with Gasteiger partial charge in [-0.2, -0.15) is 12.6 Å². The van der Waals surface area contributed by atoms with E-state index in [1.54, 1.807) is 30.3 Å². The number of nitrogens with two attached hydrogens (primary N) is 3. The van der Waals surface area contributed by atoms with Crippen LogP contribution in [0.1, 0.15) is 77.2 Å². The topological polar surface area (TPSA) is 354 Å². The summed E-state index contributed by atoms with van der Waals surface area (Å²) in [6, 6.07) is -0.317. The van der Waals surface area contributed by atoms with Crippen LogP contribution in [0, 0.1) is 5.92 Å². The molecule has 0 aliphatic carbocycles. The summed E-state index contributed by atoms with van der Waals surface area (Å²) in [5.74, 6) is -6.59. The van der Waals surface area contributed by atoms with Crippen LogP contribution in [0.15, 0.2) is 35.3 Å². The third-order valence-corrected chi connectivity index (χ3v) is 12.5. The van der Waals surface area contributed by atoms with E-state index >= 15 is 0 Å². The lowest BCUT2D eigenvalue weighted by atomic mass is 10.0. The molecule has 0 aromatic heterocycles. The van der Waals surface area contributed by atoms with Crippen molar-refractivity contribution in [3.05, 3.63) is 35.9 Å². The van der Waals surface area contributed by atoms with Crippen molar-refractivity contribution in [2.75, 3.05) is 45.1 Å². The number of benzene rings is 1. The first-order valence-corrected chi connectivity index (χ1v) is 23.7. The highest BCUT2D eigenvalue weighted by Gasteiger charge is 2.44. The first-order valence-electron chi connectivity index (χ1n) is 23.1. The number of aliphatic hydroxyl groups excluding tert-OH is 1. The molecule has 0 unspecified atom stereocenters. The largest absolute Gasteiger partial charge is 0.480 e. The Labute approximate surface area is 400 Å². The molecule has 3 saturated heterocycles. The molecule has 23 nitrogen and oxygen atoms in total. The van der Waals surface area contributed by atoms with Gasteiger partial charge in [-0.25, -0.2) is 4.79 Å². The van der Waals surface area contributed by atoms with E-state index in [-0.39, 0.29) is 75.9 Å². The zero-order chi connectivity index (χ0) is 50.1. The first kappa shape index (κ1) is 54.6. The van der Waals surface area contributed by atoms with Crippen molar-refractivity contribution >= 4 is 71.8 Å². The smallest absolute Gasteiger partial charge is 0.326 e. The fourth-order valence-electron chi connectivity index (χ4n) is 8.62. The van der Waals surface area contributed by atoms with Gasteiger partial charge in [0.05, 0.1) is 19.2 Å². The average molecular weight is 973 g/mol. The van der Waals surface area contributed by atoms with Crippen molar-refractivity contribution in [1.82, 2.24) is 41.3 Å². The number of carbonyl (C=O) groups excluding carboxylic acids is 8. The van der Waals surface area contributed by atoms with Crippen LogP contribution in [0.2, 0.25) is 0 Å². The molecule has 3 aliphatic heterocycles. The lowest BCUT2D eigenvalue weighted by Gasteiger charge is -2.33. The van der Waals surface area contributed by atoms with Crippen molar-refractivity contribution in [2.24, 2.45) is 28.1 Å². The molecule has 24 heteroatoms. The molecule has 1 aromatic rings. The highest BCUT2D eigenvalue weighted by atomic mass is 32.1. The summed E-state index contributed by atoms with van der Waals surface area (Å²) in [7, 11) is 0. The monoisotopic (exact) mass is 972 g/mol. The third kappa shape index (κ3) is 15.5. The number of guanidine groups is 1. The van der Waals surface area contributed by atoms with E-state index in [0.717, 1.165) is 0 Å². The van der Waals surface area contributed by atoms with E-state index in [2.05, 4.69) is 44.2 Å². The number of carbonyl (C=O) groups is 9. The number of aliphatic hydroxyl groups is 1. The van der Waals surface area contributed by atoms with Crippen molar-refractivity contribution in [3.8, 4) is 0 Å². The van der Waals surface area contributed by atoms with E-state index < -0.39 is 115 Å². The van der Waals surface area contributed by atoms with E-state index in [0.29, 0.717) is 37.7 Å². The molecule has 0 saturated carbocycles. The molecular weight excluding hydrogens is 905 g/mol. The van der Waals surface area contributed by atoms with Gasteiger partial charge in [0.15, 0.2) is 5.96 Å². The molecule has 8 amide bonds. The van der Waals surface area contributed by atoms with Crippen LogP contribution in [-0.2, 0) is 49.6 Å². The van der Waals surface area contributed by atoms with E-state index in [1.807, 2.05) is 13.8 Å². The Morgan fingerprint density at radius 1 is 0.750 bits per heavy atom. The van der Waals surface area contributed by atoms with Gasteiger partial charge in [-0.1, -0.05) is 44.2 Å². The van der Waals surface area contributed by atoms with Gasteiger partial charge in [0.2, 0.25) is 47.3 Å². The normalized spacial score (nSPS) is 20.1. The highest BCUT2D eigenvalue weighted by molar-refractivity contribution is 7.80. The Morgan fingerprint density at radius 2 is 1.32 bits per heavy atom. The zero-order valence-corrected chi connectivity index (χ0v) is 39.5. The van der Waals surface area contributed by atoms with Gasteiger partial charge in [-0.15, -0.1) is 0 Å². The second-order valence-electron chi connectivity index (χ2n) is 17.7. The molecular formula is C44H68N12O11S. The Bertz CT molecular complexity index is 1990. The molecule has 8 atom stereocenters. The van der Waals surface area contributed by atoms with Crippen LogP contribution in [0.5, 0.6) is 0 Å². The number of aliphatic carboxylic acids is 1. The van der Waals surface area contributed by atoms with Crippen molar-refractivity contribution in [3.63, 3.8) is 0 Å². The van der Waals surface area contributed by atoms with Crippen LogP contribution in [0.3, 0.4) is 0 Å². The summed E-state index contributed by atoms with van der Waals surface area (Å²) < 4.78 is 0. The number of likely N-dealkylation sites (tertiary alicyclic amines) is 3. The SMILES string of the molecule is CC(C)C[C@H](NC(=O)[C@@H]1CCCN1C(=O)[C@H](CO)NC(=O)[C@H](Cc1ccccc1)NC(=O)CNC(=O)[C@@H]1CCCN1C(=O)[C@@H]1CCCN1C(=O)[C@H](CCCN=C(N)N)NC(=O)[C@@H](N)CS)C(=O)O. The number of rotatable bonds is 24. The second kappa shape index (κ2) is 26.5. The van der Waals surface area contributed by atoms with E-state index in [1.165, 1.54) is 14.7 Å². The number of hydrogen-bond acceptors (Lipinski definition) is 13. The summed E-state index contributed by atoms with van der Waals surface area (Å²) in [5.41, 5.74) is 17.4. The van der Waals surface area contributed by atoms with Crippen LogP contribution in [0.4, 0.5) is 0 Å². The molecule has 0 radical (unpaired) electrons. The standard InChI is InChI=1S/C44H68N12O11S/c1-25(2)20-30(43(66)67)52-39(62)33-14-8-17-54(33)41(64)31(23-57)53-37(60)29(21-26-10-4-3-5-11-26)50-35(58)22-49-38(61)32-13-7-18-55(32)42(65)34-15-9-19-56(34)40(63)28(12-6-16-48-44(46)47)51-36(59)27(45)24-68/h3-5,10-11,25,27-34,57,68H,6-9,12-24,45H2,1-2H3,(H,49,61)(H,50,58)(H,51,59)(H,52,62)(H,53,60)(H,66,67)(H4,46,47,48)/t27-,28-,29-,30-,31-,32-,33-,34-/m0/s1. The number of nitrogens with zero attached hydrogens (tertiary/aromatic N) is 4. The quantitative estimate of drug-likeness (QED) is 0.0209. The predicted octanol–water partition coefficient (Wildman–Crippen LogP) is -3.31. The summed E-state index contributed by atoms with van der Waals surface area (Å²) in [6.07, 6.45) is 2.80. The summed E-state index contributed by atoms with van der Waals surface area (Å²) in [6.45, 7) is 2.92. The summed E-state index contributed by atoms with van der Waals surface area (Å²) in [5, 5.41) is 32.8. The minimum atomic E-state index is -1.52. The van der Waals surface area contributed by atoms with Gasteiger partial charge in [0, 0.05) is 38.4 Å². The maximum atomic E-state index is 14.1. The van der Waals surface area contributed by atoms with E-state index in [9.17, 15) is 53.4 Å².